The van der Waals surface area contributed by atoms with Crippen LogP contribution in [-0.4, -0.2) is 39.0 Å². The number of hydrogen-bond acceptors (Lipinski definition) is 3. The van der Waals surface area contributed by atoms with Gasteiger partial charge in [0.25, 0.3) is 0 Å². The summed E-state index contributed by atoms with van der Waals surface area (Å²) >= 11 is 0. The number of rotatable bonds is 3. The maximum absolute atomic E-state index is 11.3. The third-order valence-corrected chi connectivity index (χ3v) is 2.56. The van der Waals surface area contributed by atoms with E-state index in [1.54, 1.807) is 17.4 Å². The molecule has 2 atom stereocenters. The maximum atomic E-state index is 11.3. The molecule has 2 heterocycles. The molecule has 1 aromatic heterocycles. The lowest BCUT2D eigenvalue weighted by Crippen LogP contribution is -2.64. The molecule has 5 nitrogen and oxygen atoms in total. The van der Waals surface area contributed by atoms with Crippen LogP contribution in [-0.2, 0) is 11.3 Å². The first kappa shape index (κ1) is 9.21. The van der Waals surface area contributed by atoms with Crippen LogP contribution in [0.1, 0.15) is 6.92 Å². The molecular weight excluding hydrogens is 180 g/mol. The fourth-order valence-corrected chi connectivity index (χ4v) is 1.68. The molecule has 2 rings (SSSR count). The van der Waals surface area contributed by atoms with Crippen molar-refractivity contribution in [3.05, 3.63) is 18.7 Å². The third-order valence-electron chi connectivity index (χ3n) is 2.56. The highest BCUT2D eigenvalue weighted by molar-refractivity contribution is 5.87. The molecule has 76 valence electrons. The second kappa shape index (κ2) is 3.42. The first-order valence-electron chi connectivity index (χ1n) is 4.70. The summed E-state index contributed by atoms with van der Waals surface area (Å²) in [5.74, 6) is 0.0533. The summed E-state index contributed by atoms with van der Waals surface area (Å²) in [7, 11) is 0. The van der Waals surface area contributed by atoms with E-state index in [-0.39, 0.29) is 18.0 Å². The average molecular weight is 194 g/mol. The van der Waals surface area contributed by atoms with Gasteiger partial charge in [0.1, 0.15) is 6.04 Å². The minimum absolute atomic E-state index is 0.0533. The van der Waals surface area contributed by atoms with E-state index >= 15 is 0 Å². The summed E-state index contributed by atoms with van der Waals surface area (Å²) in [6.07, 6.45) is 5.37. The smallest absolute Gasteiger partial charge is 0.241 e. The van der Waals surface area contributed by atoms with E-state index in [1.165, 1.54) is 0 Å². The molecule has 0 bridgehead atoms. The highest BCUT2D eigenvalue weighted by atomic mass is 16.2. The summed E-state index contributed by atoms with van der Waals surface area (Å²) < 4.78 is 1.96. The van der Waals surface area contributed by atoms with Crippen molar-refractivity contribution in [2.45, 2.75) is 25.6 Å². The highest BCUT2D eigenvalue weighted by Gasteiger charge is 2.36. The van der Waals surface area contributed by atoms with E-state index in [4.69, 9.17) is 5.73 Å². The Morgan fingerprint density at radius 1 is 1.79 bits per heavy atom. The fraction of sp³-hybridized carbons (Fsp3) is 0.556. The van der Waals surface area contributed by atoms with Gasteiger partial charge in [-0.05, 0) is 6.92 Å². The van der Waals surface area contributed by atoms with Crippen LogP contribution in [0.15, 0.2) is 18.7 Å². The van der Waals surface area contributed by atoms with E-state index in [0.717, 1.165) is 6.54 Å². The molecule has 0 saturated carbocycles. The molecule has 0 aromatic carbocycles. The Morgan fingerprint density at radius 2 is 2.57 bits per heavy atom. The van der Waals surface area contributed by atoms with Crippen molar-refractivity contribution in [1.29, 1.82) is 0 Å². The average Bonchev–Trinajstić information content (AvgIpc) is 2.65. The lowest BCUT2D eigenvalue weighted by atomic mass is 10.1. The van der Waals surface area contributed by atoms with Gasteiger partial charge in [0, 0.05) is 31.5 Å². The summed E-state index contributed by atoms with van der Waals surface area (Å²) in [5.41, 5.74) is 5.51. The van der Waals surface area contributed by atoms with E-state index in [9.17, 15) is 4.79 Å². The fourth-order valence-electron chi connectivity index (χ4n) is 1.68. The van der Waals surface area contributed by atoms with Crippen LogP contribution < -0.4 is 5.73 Å². The van der Waals surface area contributed by atoms with Crippen LogP contribution >= 0.6 is 0 Å². The van der Waals surface area contributed by atoms with Gasteiger partial charge in [-0.25, -0.2) is 4.98 Å². The lowest BCUT2D eigenvalue weighted by Gasteiger charge is -2.40. The number of likely N-dealkylation sites (tertiary alicyclic amines) is 1. The highest BCUT2D eigenvalue weighted by Crippen LogP contribution is 2.13. The first-order chi connectivity index (χ1) is 6.68. The second-order valence-corrected chi connectivity index (χ2v) is 3.71. The molecule has 1 saturated heterocycles. The van der Waals surface area contributed by atoms with Crippen molar-refractivity contribution in [3.8, 4) is 0 Å². The Balaban J connectivity index is 1.91. The van der Waals surface area contributed by atoms with E-state index in [1.807, 2.05) is 17.7 Å². The number of amides is 1. The van der Waals surface area contributed by atoms with Gasteiger partial charge >= 0.3 is 0 Å². The number of carbonyl (C=O) groups is 1. The van der Waals surface area contributed by atoms with Crippen molar-refractivity contribution in [2.75, 3.05) is 6.54 Å². The van der Waals surface area contributed by atoms with Crippen LogP contribution in [0.25, 0.3) is 0 Å². The largest absolute Gasteiger partial charge is 0.335 e. The van der Waals surface area contributed by atoms with E-state index in [2.05, 4.69) is 4.98 Å². The lowest BCUT2D eigenvalue weighted by molar-refractivity contribution is -0.145. The third kappa shape index (κ3) is 1.50. The molecule has 0 radical (unpaired) electrons. The van der Waals surface area contributed by atoms with Gasteiger partial charge in [0.15, 0.2) is 0 Å². The number of nitrogens with two attached hydrogens (primary N) is 1. The molecule has 2 N–H and O–H groups in total. The van der Waals surface area contributed by atoms with Crippen LogP contribution in [0.2, 0.25) is 0 Å². The molecule has 2 unspecified atom stereocenters. The van der Waals surface area contributed by atoms with Crippen LogP contribution in [0.5, 0.6) is 0 Å². The van der Waals surface area contributed by atoms with Gasteiger partial charge in [-0.15, -0.1) is 0 Å². The van der Waals surface area contributed by atoms with Gasteiger partial charge in [0.05, 0.1) is 6.33 Å². The predicted octanol–water partition coefficient (Wildman–Crippen LogP) is -0.559. The summed E-state index contributed by atoms with van der Waals surface area (Å²) in [6.45, 7) is 3.47. The number of carbonyl (C=O) groups excluding carboxylic acids is 1. The normalized spacial score (nSPS) is 23.4. The van der Waals surface area contributed by atoms with Gasteiger partial charge in [-0.3, -0.25) is 4.79 Å². The molecule has 1 aromatic rings. The first-order valence-corrected chi connectivity index (χ1v) is 4.70. The standard InChI is InChI=1S/C9H14N4O/c1-7(4-12-3-2-11-6-12)13-5-8(10)9(13)14/h2-3,6-8H,4-5,10H2,1H3. The maximum Gasteiger partial charge on any atom is 0.241 e. The number of aromatic nitrogens is 2. The second-order valence-electron chi connectivity index (χ2n) is 3.71. The van der Waals surface area contributed by atoms with Gasteiger partial charge in [0.2, 0.25) is 5.91 Å². The number of hydrogen-bond donors (Lipinski definition) is 1. The van der Waals surface area contributed by atoms with E-state index in [0.29, 0.717) is 6.54 Å². The van der Waals surface area contributed by atoms with Crippen molar-refractivity contribution in [2.24, 2.45) is 5.73 Å². The summed E-state index contributed by atoms with van der Waals surface area (Å²) in [4.78, 5) is 17.1. The molecule has 1 aliphatic heterocycles. The molecule has 1 amide bonds. The molecule has 1 fully saturated rings. The molecular formula is C9H14N4O. The van der Waals surface area contributed by atoms with Crippen molar-refractivity contribution in [1.82, 2.24) is 14.5 Å². The molecule has 5 heteroatoms. The number of nitrogens with zero attached hydrogens (tertiary/aromatic N) is 3. The Kier molecular flexibility index (Phi) is 2.25. The Morgan fingerprint density at radius 3 is 3.07 bits per heavy atom. The Labute approximate surface area is 82.5 Å². The van der Waals surface area contributed by atoms with Gasteiger partial charge in [-0.2, -0.15) is 0 Å². The monoisotopic (exact) mass is 194 g/mol. The van der Waals surface area contributed by atoms with Crippen molar-refractivity contribution < 1.29 is 4.79 Å². The zero-order valence-corrected chi connectivity index (χ0v) is 8.13. The Hall–Kier alpha value is -1.36. The molecule has 0 spiro atoms. The predicted molar refractivity (Wildman–Crippen MR) is 51.4 cm³/mol. The van der Waals surface area contributed by atoms with Crippen molar-refractivity contribution in [3.63, 3.8) is 0 Å². The van der Waals surface area contributed by atoms with E-state index < -0.39 is 0 Å². The SMILES string of the molecule is CC(Cn1ccnc1)N1CC(N)C1=O. The van der Waals surface area contributed by atoms with Crippen LogP contribution in [0.3, 0.4) is 0 Å². The minimum Gasteiger partial charge on any atom is -0.335 e. The van der Waals surface area contributed by atoms with Crippen molar-refractivity contribution >= 4 is 5.91 Å². The summed E-state index contributed by atoms with van der Waals surface area (Å²) in [5, 5.41) is 0. The number of β-lactam (4-membered cyclic amide) rings is 1. The molecule has 0 aliphatic carbocycles. The molecule has 14 heavy (non-hydrogen) atoms. The quantitative estimate of drug-likeness (QED) is 0.656. The zero-order chi connectivity index (χ0) is 10.1. The number of imidazole rings is 1. The zero-order valence-electron chi connectivity index (χ0n) is 8.13. The topological polar surface area (TPSA) is 64.2 Å². The molecule has 1 aliphatic rings. The van der Waals surface area contributed by atoms with Gasteiger partial charge in [-0.1, -0.05) is 0 Å². The Bertz CT molecular complexity index is 322. The van der Waals surface area contributed by atoms with Crippen LogP contribution in [0.4, 0.5) is 0 Å². The summed E-state index contributed by atoms with van der Waals surface area (Å²) in [6, 6.07) is -0.0864. The van der Waals surface area contributed by atoms with Crippen LogP contribution in [0, 0.1) is 0 Å². The van der Waals surface area contributed by atoms with Gasteiger partial charge < -0.3 is 15.2 Å². The minimum atomic E-state index is -0.278.